The van der Waals surface area contributed by atoms with E-state index in [1.807, 2.05) is 47.9 Å². The number of nitrogens with zero attached hydrogens (tertiary/aromatic N) is 3. The number of benzene rings is 2. The van der Waals surface area contributed by atoms with Crippen molar-refractivity contribution < 1.29 is 18.7 Å². The molecular weight excluding hydrogens is 476 g/mol. The van der Waals surface area contributed by atoms with Crippen LogP contribution in [0.25, 0.3) is 11.4 Å². The first-order valence-electron chi connectivity index (χ1n) is 10.4. The molecule has 4 rings (SSSR count). The molecule has 0 aliphatic rings. The minimum Gasteiger partial charge on any atom is -0.495 e. The van der Waals surface area contributed by atoms with Crippen molar-refractivity contribution in [3.8, 4) is 22.9 Å². The second-order valence-corrected chi connectivity index (χ2v) is 8.64. The highest BCUT2D eigenvalue weighted by atomic mass is 35.5. The molecule has 8 nitrogen and oxygen atoms in total. The number of rotatable bonds is 9. The lowest BCUT2D eigenvalue weighted by molar-refractivity contribution is -0.113. The number of carbonyl (C=O) groups is 1. The van der Waals surface area contributed by atoms with Crippen molar-refractivity contribution >= 4 is 35.0 Å². The molecule has 0 saturated carbocycles. The van der Waals surface area contributed by atoms with Crippen molar-refractivity contribution in [1.29, 1.82) is 0 Å². The largest absolute Gasteiger partial charge is 0.495 e. The normalized spacial score (nSPS) is 10.8. The minimum absolute atomic E-state index is 0.116. The fraction of sp³-hybridized carbons (Fsp3) is 0.208. The molecule has 0 aliphatic carbocycles. The number of aromatic nitrogens is 3. The van der Waals surface area contributed by atoms with Crippen LogP contribution in [0, 0.1) is 6.92 Å². The molecule has 0 fully saturated rings. The van der Waals surface area contributed by atoms with Gasteiger partial charge in [0, 0.05) is 12.1 Å². The molecule has 4 aromatic rings. The highest BCUT2D eigenvalue weighted by Gasteiger charge is 2.19. The average Bonchev–Trinajstić information content (AvgIpc) is 3.44. The zero-order valence-electron chi connectivity index (χ0n) is 18.9. The number of anilines is 1. The Hall–Kier alpha value is -3.43. The highest BCUT2D eigenvalue weighted by Crippen LogP contribution is 2.36. The Morgan fingerprint density at radius 2 is 1.88 bits per heavy atom. The summed E-state index contributed by atoms with van der Waals surface area (Å²) in [5.74, 6) is 2.19. The molecule has 0 saturated heterocycles. The Labute approximate surface area is 206 Å². The molecule has 0 aliphatic heterocycles. The number of amides is 1. The molecule has 10 heteroatoms. The summed E-state index contributed by atoms with van der Waals surface area (Å²) >= 11 is 7.44. The van der Waals surface area contributed by atoms with Crippen LogP contribution in [0.5, 0.6) is 11.5 Å². The topological polar surface area (TPSA) is 91.4 Å². The van der Waals surface area contributed by atoms with Crippen molar-refractivity contribution in [2.45, 2.75) is 18.6 Å². The van der Waals surface area contributed by atoms with E-state index in [4.69, 9.17) is 25.5 Å². The molecule has 1 N–H and O–H groups in total. The molecule has 34 heavy (non-hydrogen) atoms. The lowest BCUT2D eigenvalue weighted by Crippen LogP contribution is -2.15. The summed E-state index contributed by atoms with van der Waals surface area (Å²) in [5.41, 5.74) is 2.42. The Kier molecular flexibility index (Phi) is 7.44. The number of thioether (sulfide) groups is 1. The maximum Gasteiger partial charge on any atom is 0.234 e. The van der Waals surface area contributed by atoms with E-state index in [0.717, 1.165) is 16.9 Å². The highest BCUT2D eigenvalue weighted by molar-refractivity contribution is 7.99. The van der Waals surface area contributed by atoms with Crippen molar-refractivity contribution in [2.75, 3.05) is 25.3 Å². The number of methoxy groups -OCH3 is 2. The van der Waals surface area contributed by atoms with Gasteiger partial charge in [0.25, 0.3) is 0 Å². The second-order valence-electron chi connectivity index (χ2n) is 7.29. The van der Waals surface area contributed by atoms with Gasteiger partial charge in [0.1, 0.15) is 17.3 Å². The Bertz CT molecular complexity index is 1290. The van der Waals surface area contributed by atoms with E-state index in [-0.39, 0.29) is 11.7 Å². The minimum atomic E-state index is -0.233. The van der Waals surface area contributed by atoms with Crippen LogP contribution < -0.4 is 14.8 Å². The first-order chi connectivity index (χ1) is 16.5. The quantitative estimate of drug-likeness (QED) is 0.313. The molecule has 0 spiro atoms. The molecule has 176 valence electrons. The number of aryl methyl sites for hydroxylation is 1. The molecular formula is C24H23ClN4O4S. The van der Waals surface area contributed by atoms with Gasteiger partial charge in [-0.15, -0.1) is 10.2 Å². The zero-order chi connectivity index (χ0) is 24.1. The number of carbonyl (C=O) groups excluding carboxylic acids is 1. The first-order valence-corrected chi connectivity index (χ1v) is 11.7. The second kappa shape index (κ2) is 10.7. The van der Waals surface area contributed by atoms with Crippen molar-refractivity contribution in [2.24, 2.45) is 0 Å². The van der Waals surface area contributed by atoms with Gasteiger partial charge in [-0.05, 0) is 18.6 Å². The van der Waals surface area contributed by atoms with Gasteiger partial charge in [-0.1, -0.05) is 53.7 Å². The number of halogens is 1. The van der Waals surface area contributed by atoms with E-state index in [2.05, 4.69) is 15.5 Å². The summed E-state index contributed by atoms with van der Waals surface area (Å²) in [6.07, 6.45) is 1.63. The van der Waals surface area contributed by atoms with E-state index in [0.29, 0.717) is 39.7 Å². The van der Waals surface area contributed by atoms with Crippen LogP contribution >= 0.6 is 23.4 Å². The maximum atomic E-state index is 12.8. The van der Waals surface area contributed by atoms with Crippen LogP contribution in [0.15, 0.2) is 64.4 Å². The molecule has 2 aromatic carbocycles. The van der Waals surface area contributed by atoms with Gasteiger partial charge in [0.15, 0.2) is 11.0 Å². The Morgan fingerprint density at radius 3 is 2.56 bits per heavy atom. The van der Waals surface area contributed by atoms with Crippen molar-refractivity contribution in [3.63, 3.8) is 0 Å². The van der Waals surface area contributed by atoms with Crippen molar-refractivity contribution in [1.82, 2.24) is 14.8 Å². The van der Waals surface area contributed by atoms with Crippen LogP contribution in [0.3, 0.4) is 0 Å². The van der Waals surface area contributed by atoms with Crippen molar-refractivity contribution in [3.05, 3.63) is 71.1 Å². The van der Waals surface area contributed by atoms with Crippen LogP contribution in [0.1, 0.15) is 11.3 Å². The predicted octanol–water partition coefficient (Wildman–Crippen LogP) is 5.30. The molecule has 0 unspecified atom stereocenters. The van der Waals surface area contributed by atoms with Gasteiger partial charge >= 0.3 is 0 Å². The van der Waals surface area contributed by atoms with Crippen LogP contribution in [-0.2, 0) is 11.3 Å². The molecule has 1 amide bonds. The fourth-order valence-corrected chi connectivity index (χ4v) is 4.36. The van der Waals surface area contributed by atoms with E-state index in [9.17, 15) is 4.79 Å². The number of ether oxygens (including phenoxy) is 2. The lowest BCUT2D eigenvalue weighted by atomic mass is 10.2. The molecule has 0 radical (unpaired) electrons. The van der Waals surface area contributed by atoms with Gasteiger partial charge < -0.3 is 19.2 Å². The maximum absolute atomic E-state index is 12.8. The van der Waals surface area contributed by atoms with E-state index in [1.54, 1.807) is 18.4 Å². The zero-order valence-corrected chi connectivity index (χ0v) is 20.4. The lowest BCUT2D eigenvalue weighted by Gasteiger charge is -2.13. The van der Waals surface area contributed by atoms with Gasteiger partial charge in [0.05, 0.1) is 49.1 Å². The Balaban J connectivity index is 1.54. The third kappa shape index (κ3) is 5.21. The summed E-state index contributed by atoms with van der Waals surface area (Å²) in [5, 5.41) is 12.6. The molecule has 2 aromatic heterocycles. The number of nitrogens with one attached hydrogen (secondary N) is 1. The Morgan fingerprint density at radius 1 is 1.12 bits per heavy atom. The van der Waals surface area contributed by atoms with E-state index >= 15 is 0 Å². The monoisotopic (exact) mass is 498 g/mol. The van der Waals surface area contributed by atoms with E-state index < -0.39 is 0 Å². The number of hydrogen-bond donors (Lipinski definition) is 1. The third-order valence-corrected chi connectivity index (χ3v) is 6.34. The summed E-state index contributed by atoms with van der Waals surface area (Å²) < 4.78 is 18.0. The van der Waals surface area contributed by atoms with Crippen LogP contribution in [0.4, 0.5) is 5.69 Å². The molecule has 0 bridgehead atoms. The predicted molar refractivity (Wildman–Crippen MR) is 132 cm³/mol. The summed E-state index contributed by atoms with van der Waals surface area (Å²) in [6, 6.07) is 15.1. The summed E-state index contributed by atoms with van der Waals surface area (Å²) in [6.45, 7) is 2.44. The van der Waals surface area contributed by atoms with Gasteiger partial charge in [0.2, 0.25) is 5.91 Å². The average molecular weight is 499 g/mol. The summed E-state index contributed by atoms with van der Waals surface area (Å²) in [4.78, 5) is 12.8. The van der Waals surface area contributed by atoms with Gasteiger partial charge in [-0.2, -0.15) is 0 Å². The molecule has 0 atom stereocenters. The van der Waals surface area contributed by atoms with E-state index in [1.165, 1.54) is 26.0 Å². The number of furan rings is 1. The number of hydrogen-bond acceptors (Lipinski definition) is 7. The van der Waals surface area contributed by atoms with Gasteiger partial charge in [-0.3, -0.25) is 9.36 Å². The smallest absolute Gasteiger partial charge is 0.234 e. The summed E-state index contributed by atoms with van der Waals surface area (Å²) in [7, 11) is 3.02. The van der Waals surface area contributed by atoms with Gasteiger partial charge in [-0.25, -0.2) is 0 Å². The van der Waals surface area contributed by atoms with Crippen LogP contribution in [0.2, 0.25) is 5.02 Å². The SMILES string of the molecule is COc1cc(NC(=O)CSc2nnc(-c3ccoc3C)n2Cc2ccccc2)c(OC)cc1Cl. The van der Waals surface area contributed by atoms with Crippen LogP contribution in [-0.4, -0.2) is 40.6 Å². The fourth-order valence-electron chi connectivity index (χ4n) is 3.39. The third-order valence-electron chi connectivity index (χ3n) is 5.08. The first kappa shape index (κ1) is 23.7. The molecule has 2 heterocycles. The standard InChI is InChI=1S/C24H23ClN4O4S/c1-15-17(9-10-33-15)23-27-28-24(29(23)13-16-7-5-4-6-8-16)34-14-22(30)26-19-12-20(31-2)18(25)11-21(19)32-3/h4-12H,13-14H2,1-3H3,(H,26,30).